The van der Waals surface area contributed by atoms with Crippen LogP contribution in [-0.2, 0) is 4.74 Å². The number of halogens is 1. The molecule has 2 N–H and O–H groups in total. The summed E-state index contributed by atoms with van der Waals surface area (Å²) in [6, 6.07) is 19.6. The van der Waals surface area contributed by atoms with Crippen molar-refractivity contribution in [2.75, 3.05) is 38.2 Å². The van der Waals surface area contributed by atoms with Gasteiger partial charge in [0.2, 0.25) is 0 Å². The van der Waals surface area contributed by atoms with Crippen molar-refractivity contribution in [3.05, 3.63) is 65.7 Å². The molecule has 2 aromatic carbocycles. The summed E-state index contributed by atoms with van der Waals surface area (Å²) in [7, 11) is 1.84. The maximum Gasteiger partial charge on any atom is 0.191 e. The van der Waals surface area contributed by atoms with Crippen molar-refractivity contribution in [1.82, 2.24) is 10.6 Å². The first kappa shape index (κ1) is 23.9. The molecule has 0 spiro atoms. The van der Waals surface area contributed by atoms with Crippen LogP contribution in [0.3, 0.4) is 0 Å². The van der Waals surface area contributed by atoms with Crippen molar-refractivity contribution in [3.63, 3.8) is 0 Å². The van der Waals surface area contributed by atoms with E-state index in [1.165, 1.54) is 42.7 Å². The molecular formula is C25H35IN4O. The van der Waals surface area contributed by atoms with Crippen LogP contribution >= 0.6 is 24.0 Å². The molecule has 0 saturated carbocycles. The highest BCUT2D eigenvalue weighted by Gasteiger charge is 2.29. The summed E-state index contributed by atoms with van der Waals surface area (Å²) >= 11 is 0. The van der Waals surface area contributed by atoms with Crippen molar-refractivity contribution >= 4 is 35.6 Å². The summed E-state index contributed by atoms with van der Waals surface area (Å²) in [6.07, 6.45) is 3.82. The fraction of sp³-hybridized carbons (Fsp3) is 0.480. The molecule has 0 bridgehead atoms. The maximum atomic E-state index is 6.02. The van der Waals surface area contributed by atoms with Crippen LogP contribution in [0.5, 0.6) is 0 Å². The molecule has 5 nitrogen and oxygen atoms in total. The molecule has 0 aromatic heterocycles. The molecule has 3 atom stereocenters. The highest BCUT2D eigenvalue weighted by Crippen LogP contribution is 2.33. The normalized spacial score (nSPS) is 22.1. The van der Waals surface area contributed by atoms with Gasteiger partial charge in [0.05, 0.1) is 12.1 Å². The highest BCUT2D eigenvalue weighted by atomic mass is 127. The van der Waals surface area contributed by atoms with E-state index in [-0.39, 0.29) is 36.1 Å². The number of hydrogen-bond donors (Lipinski definition) is 2. The van der Waals surface area contributed by atoms with E-state index in [0.29, 0.717) is 5.92 Å². The highest BCUT2D eigenvalue weighted by molar-refractivity contribution is 14.0. The number of guanidine groups is 1. The number of aliphatic imine (C=N–C) groups is 1. The summed E-state index contributed by atoms with van der Waals surface area (Å²) in [5, 5.41) is 7.09. The number of anilines is 1. The Morgan fingerprint density at radius 3 is 2.65 bits per heavy atom. The number of nitrogens with zero attached hydrogens (tertiary/aromatic N) is 2. The van der Waals surface area contributed by atoms with Crippen LogP contribution in [0.1, 0.15) is 49.5 Å². The van der Waals surface area contributed by atoms with Gasteiger partial charge in [-0.1, -0.05) is 42.5 Å². The summed E-state index contributed by atoms with van der Waals surface area (Å²) in [4.78, 5) is 6.93. The third-order valence-corrected chi connectivity index (χ3v) is 6.29. The predicted molar refractivity (Wildman–Crippen MR) is 139 cm³/mol. The van der Waals surface area contributed by atoms with Gasteiger partial charge >= 0.3 is 0 Å². The van der Waals surface area contributed by atoms with Crippen LogP contribution in [0, 0.1) is 5.92 Å². The second kappa shape index (κ2) is 11.7. The molecule has 0 amide bonds. The molecule has 0 aliphatic carbocycles. The molecule has 31 heavy (non-hydrogen) atoms. The lowest BCUT2D eigenvalue weighted by molar-refractivity contribution is 0.0915. The Hall–Kier alpha value is -1.80. The first-order valence-corrected chi connectivity index (χ1v) is 11.2. The van der Waals surface area contributed by atoms with Crippen LogP contribution in [0.4, 0.5) is 5.69 Å². The summed E-state index contributed by atoms with van der Waals surface area (Å²) in [5.74, 6) is 1.28. The van der Waals surface area contributed by atoms with E-state index in [1.54, 1.807) is 0 Å². The van der Waals surface area contributed by atoms with Crippen molar-refractivity contribution < 1.29 is 4.74 Å². The molecule has 2 aliphatic rings. The Labute approximate surface area is 203 Å². The topological polar surface area (TPSA) is 48.9 Å². The van der Waals surface area contributed by atoms with Gasteiger partial charge < -0.3 is 20.3 Å². The molecule has 4 rings (SSSR count). The standard InChI is InChI=1S/C25H34N4O.HI/c1-19(21-11-8-12-23(17-21)29-14-6-7-15-29)28-25(26-2)27-18-22-13-16-30-24(22)20-9-4-3-5-10-20;/h3-5,8-12,17,19,22,24H,6-7,13-16,18H2,1-2H3,(H2,26,27,28);1H. The van der Waals surface area contributed by atoms with Crippen LogP contribution in [0.2, 0.25) is 0 Å². The van der Waals surface area contributed by atoms with Gasteiger partial charge in [0.15, 0.2) is 5.96 Å². The number of nitrogens with one attached hydrogen (secondary N) is 2. The minimum atomic E-state index is 0. The van der Waals surface area contributed by atoms with Gasteiger partial charge in [-0.2, -0.15) is 0 Å². The van der Waals surface area contributed by atoms with E-state index in [0.717, 1.165) is 25.5 Å². The zero-order chi connectivity index (χ0) is 20.8. The van der Waals surface area contributed by atoms with Crippen molar-refractivity contribution in [1.29, 1.82) is 0 Å². The van der Waals surface area contributed by atoms with Gasteiger partial charge in [0, 0.05) is 44.9 Å². The molecule has 0 radical (unpaired) electrons. The number of benzene rings is 2. The molecule has 168 valence electrons. The van der Waals surface area contributed by atoms with Gasteiger partial charge in [-0.05, 0) is 49.4 Å². The van der Waals surface area contributed by atoms with Crippen molar-refractivity contribution in [3.8, 4) is 0 Å². The molecule has 2 saturated heterocycles. The summed E-state index contributed by atoms with van der Waals surface area (Å²) < 4.78 is 6.02. The lowest BCUT2D eigenvalue weighted by Crippen LogP contribution is -2.41. The quantitative estimate of drug-likeness (QED) is 0.314. The van der Waals surface area contributed by atoms with Crippen LogP contribution in [0.15, 0.2) is 59.6 Å². The molecule has 3 unspecified atom stereocenters. The Morgan fingerprint density at radius 1 is 1.13 bits per heavy atom. The Morgan fingerprint density at radius 2 is 1.90 bits per heavy atom. The van der Waals surface area contributed by atoms with Crippen molar-refractivity contribution in [2.45, 2.75) is 38.3 Å². The fourth-order valence-electron chi connectivity index (χ4n) is 4.53. The zero-order valence-electron chi connectivity index (χ0n) is 18.6. The van der Waals surface area contributed by atoms with E-state index >= 15 is 0 Å². The predicted octanol–water partition coefficient (Wildman–Crippen LogP) is 4.91. The van der Waals surface area contributed by atoms with Gasteiger partial charge in [0.1, 0.15) is 0 Å². The van der Waals surface area contributed by atoms with E-state index in [2.05, 4.69) is 82.0 Å². The first-order chi connectivity index (χ1) is 14.7. The first-order valence-electron chi connectivity index (χ1n) is 11.2. The average molecular weight is 534 g/mol. The second-order valence-electron chi connectivity index (χ2n) is 8.36. The molecule has 2 aromatic rings. The fourth-order valence-corrected chi connectivity index (χ4v) is 4.53. The maximum absolute atomic E-state index is 6.02. The second-order valence-corrected chi connectivity index (χ2v) is 8.36. The van der Waals surface area contributed by atoms with Gasteiger partial charge in [-0.25, -0.2) is 0 Å². The van der Waals surface area contributed by atoms with E-state index in [4.69, 9.17) is 4.74 Å². The lowest BCUT2D eigenvalue weighted by atomic mass is 9.95. The minimum Gasteiger partial charge on any atom is -0.373 e. The Balaban J connectivity index is 0.00000272. The Kier molecular flexibility index (Phi) is 9.02. The van der Waals surface area contributed by atoms with Crippen LogP contribution < -0.4 is 15.5 Å². The van der Waals surface area contributed by atoms with Crippen LogP contribution in [-0.4, -0.2) is 39.2 Å². The molecule has 2 aliphatic heterocycles. The summed E-state index contributed by atoms with van der Waals surface area (Å²) in [6.45, 7) is 6.19. The number of hydrogen-bond acceptors (Lipinski definition) is 3. The van der Waals surface area contributed by atoms with Gasteiger partial charge in [0.25, 0.3) is 0 Å². The molecule has 2 fully saturated rings. The lowest BCUT2D eigenvalue weighted by Gasteiger charge is -2.24. The van der Waals surface area contributed by atoms with Crippen molar-refractivity contribution in [2.24, 2.45) is 10.9 Å². The zero-order valence-corrected chi connectivity index (χ0v) is 20.9. The van der Waals surface area contributed by atoms with Gasteiger partial charge in [-0.3, -0.25) is 4.99 Å². The molecule has 2 heterocycles. The van der Waals surface area contributed by atoms with E-state index < -0.39 is 0 Å². The summed E-state index contributed by atoms with van der Waals surface area (Å²) in [5.41, 5.74) is 3.88. The minimum absolute atomic E-state index is 0. The average Bonchev–Trinajstić information content (AvgIpc) is 3.49. The number of rotatable bonds is 6. The van der Waals surface area contributed by atoms with E-state index in [1.807, 2.05) is 7.05 Å². The monoisotopic (exact) mass is 534 g/mol. The Bertz CT molecular complexity index is 838. The third-order valence-electron chi connectivity index (χ3n) is 6.29. The SMILES string of the molecule is CN=C(NCC1CCOC1c1ccccc1)NC(C)c1cccc(N2CCCC2)c1.I. The number of ether oxygens (including phenoxy) is 1. The van der Waals surface area contributed by atoms with Crippen LogP contribution in [0.25, 0.3) is 0 Å². The van der Waals surface area contributed by atoms with E-state index in [9.17, 15) is 0 Å². The molecular weight excluding hydrogens is 499 g/mol. The van der Waals surface area contributed by atoms with Gasteiger partial charge in [-0.15, -0.1) is 24.0 Å². The largest absolute Gasteiger partial charge is 0.373 e. The third kappa shape index (κ3) is 6.13. The molecule has 6 heteroatoms. The smallest absolute Gasteiger partial charge is 0.191 e.